The van der Waals surface area contributed by atoms with Gasteiger partial charge < -0.3 is 25.0 Å². The fourth-order valence-corrected chi connectivity index (χ4v) is 7.51. The molecular weight excluding hydrogens is 735 g/mol. The minimum absolute atomic E-state index is 0.214. The molecule has 3 N–H and O–H groups in total. The van der Waals surface area contributed by atoms with Gasteiger partial charge in [-0.05, 0) is 122 Å². The number of nitrogens with zero attached hydrogens (tertiary/aromatic N) is 1. The van der Waals surface area contributed by atoms with Crippen molar-refractivity contribution in [2.45, 2.75) is 244 Å². The highest BCUT2D eigenvalue weighted by atomic mass is 16.6. The average Bonchev–Trinajstić information content (AvgIpc) is 3.21. The minimum atomic E-state index is -1.07. The molecule has 0 aliphatic heterocycles. The van der Waals surface area contributed by atoms with Crippen LogP contribution in [0.1, 0.15) is 239 Å². The fraction of sp³-hybridized carbons (Fsp3) is 0.808. The summed E-state index contributed by atoms with van der Waals surface area (Å²) in [5.41, 5.74) is 0. The van der Waals surface area contributed by atoms with E-state index in [2.05, 4.69) is 67.4 Å². The molecule has 0 heterocycles. The number of allylic oxidation sites excluding steroid dienone is 8. The Kier molecular flexibility index (Phi) is 43.6. The number of aliphatic hydroxyl groups is 1. The summed E-state index contributed by atoms with van der Waals surface area (Å²) < 4.78 is 6.34. The third-order valence-electron chi connectivity index (χ3n) is 11.3. The average molecular weight is 830 g/mol. The summed E-state index contributed by atoms with van der Waals surface area (Å²) in [5, 5.41) is 29.7. The van der Waals surface area contributed by atoms with Crippen molar-refractivity contribution in [2.75, 3.05) is 26.2 Å². The normalized spacial score (nSPS) is 12.5. The van der Waals surface area contributed by atoms with Gasteiger partial charge >= 0.3 is 11.9 Å². The molecule has 0 aliphatic rings. The molecule has 0 amide bonds. The maximum absolute atomic E-state index is 11.7. The summed E-state index contributed by atoms with van der Waals surface area (Å²) in [7, 11) is 0. The molecule has 0 aliphatic carbocycles. The molecule has 0 radical (unpaired) electrons. The van der Waals surface area contributed by atoms with Gasteiger partial charge in [-0.2, -0.15) is 0 Å². The van der Waals surface area contributed by atoms with Crippen LogP contribution in [0.3, 0.4) is 0 Å². The molecule has 0 unspecified atom stereocenters. The van der Waals surface area contributed by atoms with Crippen molar-refractivity contribution in [2.24, 2.45) is 0 Å². The number of unbranched alkanes of at least 4 members (excludes halogenated alkanes) is 22. The molecule has 0 aromatic rings. The first kappa shape index (κ1) is 56.8. The first-order valence-electron chi connectivity index (χ1n) is 24.9. The van der Waals surface area contributed by atoms with Gasteiger partial charge in [-0.25, -0.2) is 0 Å². The lowest BCUT2D eigenvalue weighted by molar-refractivity contribution is -0.214. The summed E-state index contributed by atoms with van der Waals surface area (Å²) in [6, 6.07) is 0. The number of rotatable bonds is 47. The van der Waals surface area contributed by atoms with Crippen molar-refractivity contribution in [3.8, 4) is 0 Å². The lowest BCUT2D eigenvalue weighted by Crippen LogP contribution is -2.34. The van der Waals surface area contributed by atoms with Crippen molar-refractivity contribution in [3.63, 3.8) is 0 Å². The van der Waals surface area contributed by atoms with E-state index in [0.29, 0.717) is 32.3 Å². The van der Waals surface area contributed by atoms with Gasteiger partial charge in [-0.15, -0.1) is 0 Å². The Balaban J connectivity index is 4.71. The van der Waals surface area contributed by atoms with E-state index in [-0.39, 0.29) is 12.8 Å². The summed E-state index contributed by atoms with van der Waals surface area (Å²) in [6.07, 6.45) is 55.1. The highest BCUT2D eigenvalue weighted by Gasteiger charge is 2.26. The number of carbonyl (C=O) groups is 2. The summed E-state index contributed by atoms with van der Waals surface area (Å²) >= 11 is 0. The second-order valence-electron chi connectivity index (χ2n) is 17.1. The van der Waals surface area contributed by atoms with Crippen molar-refractivity contribution in [1.29, 1.82) is 0 Å². The van der Waals surface area contributed by atoms with Crippen LogP contribution in [-0.4, -0.2) is 64.2 Å². The number of hydrogen-bond donors (Lipinski definition) is 3. The molecule has 0 fully saturated rings. The number of ether oxygens (including phenoxy) is 1. The molecule has 0 spiro atoms. The quantitative estimate of drug-likeness (QED) is 0.0318. The van der Waals surface area contributed by atoms with E-state index in [9.17, 15) is 14.7 Å². The summed E-state index contributed by atoms with van der Waals surface area (Å²) in [6.45, 7) is 7.70. The maximum Gasteiger partial charge on any atom is 0.303 e. The van der Waals surface area contributed by atoms with Crippen LogP contribution in [0.4, 0.5) is 0 Å². The van der Waals surface area contributed by atoms with Gasteiger partial charge in [-0.1, -0.05) is 152 Å². The van der Waals surface area contributed by atoms with Crippen molar-refractivity contribution >= 4 is 11.9 Å². The zero-order valence-corrected chi connectivity index (χ0v) is 38.7. The Morgan fingerprint density at radius 1 is 0.441 bits per heavy atom. The monoisotopic (exact) mass is 830 g/mol. The lowest BCUT2D eigenvalue weighted by Gasteiger charge is -2.29. The molecule has 344 valence electrons. The van der Waals surface area contributed by atoms with Crippen LogP contribution in [0.15, 0.2) is 48.6 Å². The molecular formula is C52H95NO6. The number of aliphatic carboxylic acids is 2. The number of carboxylic acid groups (broad SMARTS) is 2. The summed E-state index contributed by atoms with van der Waals surface area (Å²) in [5.74, 6) is -2.55. The van der Waals surface area contributed by atoms with Gasteiger partial charge in [-0.3, -0.25) is 9.59 Å². The Morgan fingerprint density at radius 3 is 1.17 bits per heavy atom. The second kappa shape index (κ2) is 45.3. The van der Waals surface area contributed by atoms with E-state index in [1.165, 1.54) is 103 Å². The van der Waals surface area contributed by atoms with Crippen LogP contribution in [-0.2, 0) is 14.3 Å². The van der Waals surface area contributed by atoms with E-state index >= 15 is 0 Å². The molecule has 0 aromatic heterocycles. The smallest absolute Gasteiger partial charge is 0.303 e. The number of carboxylic acids is 2. The molecule has 0 saturated carbocycles. The zero-order chi connectivity index (χ0) is 43.2. The third-order valence-corrected chi connectivity index (χ3v) is 11.3. The van der Waals surface area contributed by atoms with E-state index < -0.39 is 17.7 Å². The molecule has 0 atom stereocenters. The van der Waals surface area contributed by atoms with Gasteiger partial charge in [0.1, 0.15) is 0 Å². The SMILES string of the molecule is CCCCC/C=C\C/C=C\CCCCCCCCC(O)(CCCCCCCC/C=C\C/C=C\CCCCC)OCCCN(CCCCCC(=O)O)CCCCCC(=O)O. The predicted molar refractivity (Wildman–Crippen MR) is 252 cm³/mol. The van der Waals surface area contributed by atoms with Crippen molar-refractivity contribution in [1.82, 2.24) is 4.90 Å². The van der Waals surface area contributed by atoms with Crippen molar-refractivity contribution < 1.29 is 29.6 Å². The zero-order valence-electron chi connectivity index (χ0n) is 38.7. The molecule has 0 aromatic carbocycles. The number of hydrogen-bond acceptors (Lipinski definition) is 5. The van der Waals surface area contributed by atoms with E-state index in [1.807, 2.05) is 0 Å². The second-order valence-corrected chi connectivity index (χ2v) is 17.1. The van der Waals surface area contributed by atoms with Gasteiger partial charge in [0.05, 0.1) is 6.61 Å². The van der Waals surface area contributed by atoms with Crippen LogP contribution in [0.5, 0.6) is 0 Å². The van der Waals surface area contributed by atoms with Crippen molar-refractivity contribution in [3.05, 3.63) is 48.6 Å². The van der Waals surface area contributed by atoms with Gasteiger partial charge in [0.15, 0.2) is 5.79 Å². The molecule has 0 bridgehead atoms. The lowest BCUT2D eigenvalue weighted by atomic mass is 9.98. The third kappa shape index (κ3) is 45.1. The van der Waals surface area contributed by atoms with Crippen LogP contribution >= 0.6 is 0 Å². The van der Waals surface area contributed by atoms with Gasteiger partial charge in [0.25, 0.3) is 0 Å². The summed E-state index contributed by atoms with van der Waals surface area (Å²) in [4.78, 5) is 24.3. The van der Waals surface area contributed by atoms with Crippen LogP contribution < -0.4 is 0 Å². The van der Waals surface area contributed by atoms with Gasteiger partial charge in [0.2, 0.25) is 0 Å². The highest BCUT2D eigenvalue weighted by Crippen LogP contribution is 2.25. The van der Waals surface area contributed by atoms with E-state index in [4.69, 9.17) is 14.9 Å². The Bertz CT molecular complexity index is 964. The van der Waals surface area contributed by atoms with Crippen LogP contribution in [0.2, 0.25) is 0 Å². The predicted octanol–water partition coefficient (Wildman–Crippen LogP) is 15.1. The molecule has 59 heavy (non-hydrogen) atoms. The molecule has 7 nitrogen and oxygen atoms in total. The standard InChI is InChI=1S/C52H95NO6/c1-3-5-7-9-11-13-15-17-19-21-23-25-27-29-31-37-44-52(58,45-38-32-30-28-26-24-22-20-18-16-14-12-10-8-6-4-2)59-49-41-48-53(46-39-33-35-42-50(54)55)47-40-34-36-43-51(56)57/h11-14,17-20,58H,3-10,15-16,21-49H2,1-2H3,(H,54,55)(H,56,57)/b13-11-,14-12-,19-17-,20-18-. The Morgan fingerprint density at radius 2 is 0.780 bits per heavy atom. The Labute approximate surface area is 364 Å². The Hall–Kier alpha value is -2.22. The van der Waals surface area contributed by atoms with E-state index in [1.54, 1.807) is 0 Å². The first-order valence-corrected chi connectivity index (χ1v) is 24.9. The van der Waals surface area contributed by atoms with Crippen LogP contribution in [0, 0.1) is 0 Å². The topological polar surface area (TPSA) is 107 Å². The highest BCUT2D eigenvalue weighted by molar-refractivity contribution is 5.66. The first-order chi connectivity index (χ1) is 28.8. The minimum Gasteiger partial charge on any atom is -0.481 e. The molecule has 0 saturated heterocycles. The fourth-order valence-electron chi connectivity index (χ4n) is 7.51. The van der Waals surface area contributed by atoms with Gasteiger partial charge in [0, 0.05) is 32.2 Å². The van der Waals surface area contributed by atoms with E-state index in [0.717, 1.165) is 103 Å². The maximum atomic E-state index is 11.7. The molecule has 0 rings (SSSR count). The molecule has 7 heteroatoms. The van der Waals surface area contributed by atoms with Crippen LogP contribution in [0.25, 0.3) is 0 Å². The largest absolute Gasteiger partial charge is 0.481 e.